The lowest BCUT2D eigenvalue weighted by molar-refractivity contribution is 0.530. The molecule has 4 aromatic rings. The van der Waals surface area contributed by atoms with Gasteiger partial charge in [0.25, 0.3) is 11.1 Å². The van der Waals surface area contributed by atoms with E-state index >= 15 is 0 Å². The molecule has 0 saturated carbocycles. The maximum Gasteiger partial charge on any atom is 0.332 e. The highest BCUT2D eigenvalue weighted by Gasteiger charge is 2.16. The van der Waals surface area contributed by atoms with Crippen molar-refractivity contribution in [3.63, 3.8) is 0 Å². The molecule has 0 aliphatic carbocycles. The Morgan fingerprint density at radius 1 is 0.641 bits per heavy atom. The fourth-order valence-corrected chi connectivity index (χ4v) is 4.88. The van der Waals surface area contributed by atoms with Gasteiger partial charge in [0.15, 0.2) is 32.6 Å². The summed E-state index contributed by atoms with van der Waals surface area (Å²) in [5, 5.41) is 1.31. The Labute approximate surface area is 234 Å². The highest BCUT2D eigenvalue weighted by Crippen LogP contribution is 2.15. The number of thioether (sulfide) groups is 2. The quantitative estimate of drug-likeness (QED) is 0.170. The molecule has 3 N–H and O–H groups in total. The number of fused-ring (bicyclic) bond motifs is 2. The van der Waals surface area contributed by atoms with E-state index in [1.165, 1.54) is 32.7 Å². The van der Waals surface area contributed by atoms with Gasteiger partial charge in [-0.1, -0.05) is 70.0 Å². The first-order valence-corrected chi connectivity index (χ1v) is 15.8. The Balaban J connectivity index is 0.000000218. The summed E-state index contributed by atoms with van der Waals surface area (Å²) in [6, 6.07) is 0. The van der Waals surface area contributed by atoms with Crippen molar-refractivity contribution in [2.24, 2.45) is 0 Å². The second kappa shape index (κ2) is 14.4. The Hall–Kier alpha value is -3.00. The zero-order valence-corrected chi connectivity index (χ0v) is 24.9. The van der Waals surface area contributed by atoms with Gasteiger partial charge < -0.3 is 9.97 Å². The molecule has 0 aliphatic rings. The standard InChI is InChI=1S/C14H22N4O2S.C11H16N4O2S/c1-4-6-8-17-11-10(15-13(16-11)21-3)12(19)18(14(17)20)9-7-5-2;1-3-4-5-6-15-8-7(9(16)14-11(15)17)12-10(13-8)18-2/h4-9H2,1-3H3,(H,15,16);3-6H2,1-2H3,(H,12,13)(H,14,16,17). The molecule has 0 aromatic carbocycles. The van der Waals surface area contributed by atoms with Crippen molar-refractivity contribution in [2.75, 3.05) is 12.5 Å². The number of H-pyrrole nitrogens is 3. The third kappa shape index (κ3) is 6.96. The largest absolute Gasteiger partial charge is 0.332 e. The van der Waals surface area contributed by atoms with E-state index < -0.39 is 5.56 Å². The first-order valence-electron chi connectivity index (χ1n) is 13.3. The Bertz CT molecular complexity index is 1630. The van der Waals surface area contributed by atoms with Crippen LogP contribution in [-0.4, -0.2) is 51.1 Å². The fraction of sp³-hybridized carbons (Fsp3) is 0.600. The van der Waals surface area contributed by atoms with E-state index in [0.717, 1.165) is 44.9 Å². The molecule has 0 bridgehead atoms. The summed E-state index contributed by atoms with van der Waals surface area (Å²) >= 11 is 2.85. The predicted molar refractivity (Wildman–Crippen MR) is 158 cm³/mol. The molecule has 0 fully saturated rings. The average molecular weight is 579 g/mol. The summed E-state index contributed by atoms with van der Waals surface area (Å²) < 4.78 is 4.50. The lowest BCUT2D eigenvalue weighted by Crippen LogP contribution is -2.40. The van der Waals surface area contributed by atoms with Crippen LogP contribution in [0.3, 0.4) is 0 Å². The molecule has 0 atom stereocenters. The molecular formula is C25H38N8O4S2. The Kier molecular flexibility index (Phi) is 11.3. The van der Waals surface area contributed by atoms with Crippen LogP contribution in [0.5, 0.6) is 0 Å². The van der Waals surface area contributed by atoms with Gasteiger partial charge in [-0.05, 0) is 31.8 Å². The van der Waals surface area contributed by atoms with Gasteiger partial charge >= 0.3 is 11.4 Å². The highest BCUT2D eigenvalue weighted by atomic mass is 32.2. The Morgan fingerprint density at radius 3 is 1.72 bits per heavy atom. The van der Waals surface area contributed by atoms with Crippen LogP contribution in [0.25, 0.3) is 22.3 Å². The first-order chi connectivity index (χ1) is 18.8. The number of hydrogen-bond acceptors (Lipinski definition) is 8. The third-order valence-electron chi connectivity index (χ3n) is 6.29. The van der Waals surface area contributed by atoms with E-state index in [2.05, 4.69) is 38.8 Å². The smallest absolute Gasteiger partial charge is 0.327 e. The van der Waals surface area contributed by atoms with Crippen LogP contribution >= 0.6 is 23.5 Å². The molecule has 0 saturated heterocycles. The molecule has 14 heteroatoms. The molecule has 4 heterocycles. The molecule has 214 valence electrons. The molecule has 4 rings (SSSR count). The van der Waals surface area contributed by atoms with Crippen molar-refractivity contribution in [3.05, 3.63) is 41.7 Å². The number of hydrogen-bond donors (Lipinski definition) is 3. The van der Waals surface area contributed by atoms with Crippen molar-refractivity contribution in [1.82, 2.24) is 38.6 Å². The first kappa shape index (κ1) is 30.5. The number of nitrogens with one attached hydrogen (secondary N) is 3. The van der Waals surface area contributed by atoms with Crippen LogP contribution in [0.2, 0.25) is 0 Å². The van der Waals surface area contributed by atoms with Gasteiger partial charge in [0.05, 0.1) is 0 Å². The van der Waals surface area contributed by atoms with Gasteiger partial charge in [0.1, 0.15) is 0 Å². The van der Waals surface area contributed by atoms with Gasteiger partial charge in [-0.15, -0.1) is 0 Å². The van der Waals surface area contributed by atoms with Crippen LogP contribution in [0.4, 0.5) is 0 Å². The normalized spacial score (nSPS) is 11.3. The Morgan fingerprint density at radius 2 is 1.15 bits per heavy atom. The molecule has 0 unspecified atom stereocenters. The zero-order chi connectivity index (χ0) is 28.5. The molecular weight excluding hydrogens is 540 g/mol. The van der Waals surface area contributed by atoms with Gasteiger partial charge in [-0.25, -0.2) is 19.6 Å². The summed E-state index contributed by atoms with van der Waals surface area (Å²) in [5.74, 6) is 0. The van der Waals surface area contributed by atoms with E-state index in [1.807, 2.05) is 19.4 Å². The van der Waals surface area contributed by atoms with Crippen molar-refractivity contribution in [2.45, 2.75) is 95.7 Å². The van der Waals surface area contributed by atoms with Gasteiger partial charge in [0, 0.05) is 19.6 Å². The fourth-order valence-electron chi connectivity index (χ4n) is 4.12. The molecule has 12 nitrogen and oxygen atoms in total. The summed E-state index contributed by atoms with van der Waals surface area (Å²) in [6.45, 7) is 7.86. The number of rotatable bonds is 12. The van der Waals surface area contributed by atoms with Crippen LogP contribution in [0, 0.1) is 0 Å². The summed E-state index contributed by atoms with van der Waals surface area (Å²) in [4.78, 5) is 65.4. The zero-order valence-electron chi connectivity index (χ0n) is 23.3. The van der Waals surface area contributed by atoms with Crippen molar-refractivity contribution >= 4 is 45.9 Å². The maximum atomic E-state index is 12.6. The maximum absolute atomic E-state index is 12.6. The van der Waals surface area contributed by atoms with E-state index in [1.54, 1.807) is 4.57 Å². The second-order valence-electron chi connectivity index (χ2n) is 9.11. The molecule has 4 aromatic heterocycles. The van der Waals surface area contributed by atoms with Crippen molar-refractivity contribution < 1.29 is 0 Å². The lowest BCUT2D eigenvalue weighted by Gasteiger charge is -2.10. The van der Waals surface area contributed by atoms with Crippen LogP contribution < -0.4 is 22.5 Å². The van der Waals surface area contributed by atoms with Gasteiger partial charge in [-0.3, -0.25) is 28.3 Å². The van der Waals surface area contributed by atoms with Crippen LogP contribution in [0.1, 0.15) is 65.7 Å². The van der Waals surface area contributed by atoms with Crippen LogP contribution in [0.15, 0.2) is 29.5 Å². The minimum atomic E-state index is -0.408. The minimum Gasteiger partial charge on any atom is -0.327 e. The number of aromatic nitrogens is 8. The van der Waals surface area contributed by atoms with Crippen LogP contribution in [-0.2, 0) is 19.6 Å². The van der Waals surface area contributed by atoms with E-state index in [-0.39, 0.29) is 16.9 Å². The van der Waals surface area contributed by atoms with E-state index in [4.69, 9.17) is 0 Å². The lowest BCUT2D eigenvalue weighted by atomic mass is 10.2. The number of aryl methyl sites for hydroxylation is 2. The molecule has 39 heavy (non-hydrogen) atoms. The number of imidazole rings is 2. The molecule has 0 amide bonds. The van der Waals surface area contributed by atoms with Gasteiger partial charge in [0.2, 0.25) is 0 Å². The number of nitrogens with zero attached hydrogens (tertiary/aromatic N) is 5. The van der Waals surface area contributed by atoms with E-state index in [9.17, 15) is 19.2 Å². The SMILES string of the molecule is CCCCCn1c(=O)[nH]c(=O)c2[nH]c(SC)nc21.CCCCn1c(=O)c2[nH]c(SC)nc2n(CCCC)c1=O. The van der Waals surface area contributed by atoms with E-state index in [0.29, 0.717) is 52.3 Å². The second-order valence-corrected chi connectivity index (χ2v) is 10.7. The van der Waals surface area contributed by atoms with Crippen molar-refractivity contribution in [3.8, 4) is 0 Å². The third-order valence-corrected chi connectivity index (χ3v) is 7.45. The summed E-state index contributed by atoms with van der Waals surface area (Å²) in [5.41, 5.74) is 0.441. The predicted octanol–water partition coefficient (Wildman–Crippen LogP) is 3.53. The van der Waals surface area contributed by atoms with Crippen molar-refractivity contribution in [1.29, 1.82) is 0 Å². The monoisotopic (exact) mass is 578 g/mol. The molecule has 0 aliphatic heterocycles. The average Bonchev–Trinajstić information content (AvgIpc) is 3.56. The number of unbranched alkanes of at least 4 members (excludes halogenated alkanes) is 4. The topological polar surface area (TPSA) is 156 Å². The molecule has 0 spiro atoms. The summed E-state index contributed by atoms with van der Waals surface area (Å²) in [6.07, 6.45) is 10.4. The highest BCUT2D eigenvalue weighted by molar-refractivity contribution is 7.98. The minimum absolute atomic E-state index is 0.242. The number of aromatic amines is 3. The van der Waals surface area contributed by atoms with Gasteiger partial charge in [-0.2, -0.15) is 0 Å². The molecule has 0 radical (unpaired) electrons. The summed E-state index contributed by atoms with van der Waals surface area (Å²) in [7, 11) is 0.